The Morgan fingerprint density at radius 2 is 1.11 bits per heavy atom. The first-order valence-electron chi connectivity index (χ1n) is 16.1. The second kappa shape index (κ2) is 9.19. The quantitative estimate of drug-likeness (QED) is 0.196. The fraction of sp³-hybridized carbons (Fsp3) is 0.0667. The molecular weight excluding hydrogens is 556 g/mol. The number of benzene rings is 8. The molecule has 46 heavy (non-hydrogen) atoms. The van der Waals surface area contributed by atoms with Gasteiger partial charge in [-0.2, -0.15) is 0 Å². The van der Waals surface area contributed by atoms with Crippen LogP contribution in [-0.2, 0) is 5.41 Å². The molecule has 8 aromatic rings. The maximum Gasteiger partial charge on any atom is 0.135 e. The van der Waals surface area contributed by atoms with Crippen molar-refractivity contribution in [3.8, 4) is 56.0 Å². The van der Waals surface area contributed by atoms with E-state index in [9.17, 15) is 0 Å². The van der Waals surface area contributed by atoms with Gasteiger partial charge in [-0.3, -0.25) is 0 Å². The Morgan fingerprint density at radius 1 is 0.413 bits per heavy atom. The number of ether oxygens (including phenoxy) is 1. The maximum atomic E-state index is 6.41. The minimum atomic E-state index is -0.0839. The van der Waals surface area contributed by atoms with Crippen molar-refractivity contribution in [3.05, 3.63) is 157 Å². The lowest BCUT2D eigenvalue weighted by molar-refractivity contribution is 0.487. The first-order chi connectivity index (χ1) is 22.5. The molecule has 1 aliphatic heterocycles. The van der Waals surface area contributed by atoms with E-state index in [4.69, 9.17) is 4.74 Å². The van der Waals surface area contributed by atoms with Crippen molar-refractivity contribution in [2.45, 2.75) is 19.3 Å². The largest absolute Gasteiger partial charge is 0.456 e. The molecule has 0 aromatic heterocycles. The van der Waals surface area contributed by atoms with Crippen molar-refractivity contribution in [2.24, 2.45) is 0 Å². The molecule has 216 valence electrons. The van der Waals surface area contributed by atoms with Crippen LogP contribution in [0.25, 0.3) is 76.8 Å². The lowest BCUT2D eigenvalue weighted by atomic mass is 9.81. The minimum Gasteiger partial charge on any atom is -0.456 e. The predicted octanol–water partition coefficient (Wildman–Crippen LogP) is 12.6. The molecule has 2 aliphatic rings. The van der Waals surface area contributed by atoms with Crippen LogP contribution in [0.2, 0.25) is 0 Å². The molecule has 0 atom stereocenters. The van der Waals surface area contributed by atoms with Gasteiger partial charge < -0.3 is 4.74 Å². The summed E-state index contributed by atoms with van der Waals surface area (Å²) in [5.74, 6) is 1.84. The second-order valence-electron chi connectivity index (χ2n) is 13.3. The average Bonchev–Trinajstić information content (AvgIpc) is 3.33. The Morgan fingerprint density at radius 3 is 2.00 bits per heavy atom. The molecular formula is C45H30O. The van der Waals surface area contributed by atoms with Crippen molar-refractivity contribution >= 4 is 32.3 Å². The third-order valence-corrected chi connectivity index (χ3v) is 10.4. The summed E-state index contributed by atoms with van der Waals surface area (Å²) in [7, 11) is 0. The highest BCUT2D eigenvalue weighted by Crippen LogP contribution is 2.53. The van der Waals surface area contributed by atoms with Crippen molar-refractivity contribution in [1.29, 1.82) is 0 Å². The predicted molar refractivity (Wildman–Crippen MR) is 193 cm³/mol. The summed E-state index contributed by atoms with van der Waals surface area (Å²) in [5, 5.41) is 7.54. The van der Waals surface area contributed by atoms with E-state index in [0.717, 1.165) is 17.1 Å². The SMILES string of the molecule is CC1(C)c2ccc(-c3ccc4c(c3)-c3cccc5cccc(c35)O4)cc2-c2c1ccc1c(-c3ccc4ccccc4c3)cccc21. The van der Waals surface area contributed by atoms with Gasteiger partial charge in [-0.25, -0.2) is 0 Å². The van der Waals surface area contributed by atoms with Crippen LogP contribution in [0.3, 0.4) is 0 Å². The second-order valence-corrected chi connectivity index (χ2v) is 13.3. The molecule has 0 saturated carbocycles. The van der Waals surface area contributed by atoms with E-state index in [1.165, 1.54) is 82.4 Å². The van der Waals surface area contributed by atoms with Gasteiger partial charge in [-0.05, 0) is 107 Å². The molecule has 0 spiro atoms. The van der Waals surface area contributed by atoms with E-state index in [-0.39, 0.29) is 5.41 Å². The van der Waals surface area contributed by atoms with Crippen molar-refractivity contribution in [1.82, 2.24) is 0 Å². The summed E-state index contributed by atoms with van der Waals surface area (Å²) in [5.41, 5.74) is 12.7. The molecule has 0 radical (unpaired) electrons. The third-order valence-electron chi connectivity index (χ3n) is 10.4. The van der Waals surface area contributed by atoms with Gasteiger partial charge in [-0.1, -0.05) is 129 Å². The Bertz CT molecular complexity index is 2580. The molecule has 0 unspecified atom stereocenters. The van der Waals surface area contributed by atoms with Crippen molar-refractivity contribution < 1.29 is 4.74 Å². The Hall–Kier alpha value is -5.66. The first-order valence-corrected chi connectivity index (χ1v) is 16.1. The van der Waals surface area contributed by atoms with Gasteiger partial charge in [0.05, 0.1) is 0 Å². The van der Waals surface area contributed by atoms with Crippen LogP contribution in [0.4, 0.5) is 0 Å². The van der Waals surface area contributed by atoms with E-state index in [1.54, 1.807) is 0 Å². The molecule has 0 N–H and O–H groups in total. The topological polar surface area (TPSA) is 9.23 Å². The Balaban J connectivity index is 1.15. The highest BCUT2D eigenvalue weighted by Gasteiger charge is 2.37. The number of hydrogen-bond donors (Lipinski definition) is 0. The molecule has 0 fully saturated rings. The zero-order valence-electron chi connectivity index (χ0n) is 25.8. The summed E-state index contributed by atoms with van der Waals surface area (Å²) in [6, 6.07) is 53.5. The minimum absolute atomic E-state index is 0.0839. The molecule has 0 bridgehead atoms. The molecule has 10 rings (SSSR count). The van der Waals surface area contributed by atoms with Gasteiger partial charge in [0.15, 0.2) is 0 Å². The van der Waals surface area contributed by atoms with Gasteiger partial charge in [0.1, 0.15) is 11.5 Å². The smallest absolute Gasteiger partial charge is 0.135 e. The standard InChI is InChI=1S/C45H30O/c1-45(2)39-21-18-30(31-19-23-41-37(25-31)36-13-5-10-28-11-6-15-42(46-41)43(28)36)26-38(39)44-35-14-7-12-33(34(35)20-22-40(44)45)32-17-16-27-8-3-4-9-29(27)24-32/h3-26H,1-2H3. The van der Waals surface area contributed by atoms with Gasteiger partial charge in [0, 0.05) is 16.4 Å². The van der Waals surface area contributed by atoms with E-state index < -0.39 is 0 Å². The van der Waals surface area contributed by atoms with Crippen molar-refractivity contribution in [3.63, 3.8) is 0 Å². The van der Waals surface area contributed by atoms with Gasteiger partial charge in [0.25, 0.3) is 0 Å². The van der Waals surface area contributed by atoms with Crippen LogP contribution in [0.5, 0.6) is 11.5 Å². The summed E-state index contributed by atoms with van der Waals surface area (Å²) >= 11 is 0. The van der Waals surface area contributed by atoms with E-state index in [2.05, 4.69) is 159 Å². The van der Waals surface area contributed by atoms with E-state index in [1.807, 2.05) is 0 Å². The molecule has 1 heteroatoms. The third kappa shape index (κ3) is 3.51. The Labute approximate surface area is 268 Å². The number of fused-ring (bicyclic) bond motifs is 8. The zero-order chi connectivity index (χ0) is 30.6. The summed E-state index contributed by atoms with van der Waals surface area (Å²) in [6.45, 7) is 4.73. The molecule has 8 aromatic carbocycles. The molecule has 0 amide bonds. The van der Waals surface area contributed by atoms with Crippen LogP contribution in [0.1, 0.15) is 25.0 Å². The van der Waals surface area contributed by atoms with Crippen LogP contribution >= 0.6 is 0 Å². The zero-order valence-corrected chi connectivity index (χ0v) is 25.8. The number of rotatable bonds is 2. The molecule has 1 aliphatic carbocycles. The van der Waals surface area contributed by atoms with Crippen LogP contribution in [0, 0.1) is 0 Å². The van der Waals surface area contributed by atoms with Gasteiger partial charge >= 0.3 is 0 Å². The fourth-order valence-corrected chi connectivity index (χ4v) is 8.14. The van der Waals surface area contributed by atoms with Gasteiger partial charge in [-0.15, -0.1) is 0 Å². The van der Waals surface area contributed by atoms with E-state index in [0.29, 0.717) is 0 Å². The molecule has 1 heterocycles. The summed E-state index contributed by atoms with van der Waals surface area (Å²) in [6.07, 6.45) is 0. The Kier molecular flexibility index (Phi) is 5.12. The van der Waals surface area contributed by atoms with E-state index >= 15 is 0 Å². The average molecular weight is 587 g/mol. The van der Waals surface area contributed by atoms with Crippen LogP contribution < -0.4 is 4.74 Å². The molecule has 1 nitrogen and oxygen atoms in total. The lowest BCUT2D eigenvalue weighted by Crippen LogP contribution is -2.14. The highest BCUT2D eigenvalue weighted by molar-refractivity contribution is 6.09. The van der Waals surface area contributed by atoms with Crippen LogP contribution in [-0.4, -0.2) is 0 Å². The molecule has 0 saturated heterocycles. The first kappa shape index (κ1) is 25.6. The maximum absolute atomic E-state index is 6.41. The van der Waals surface area contributed by atoms with Crippen LogP contribution in [0.15, 0.2) is 146 Å². The number of hydrogen-bond acceptors (Lipinski definition) is 1. The summed E-state index contributed by atoms with van der Waals surface area (Å²) in [4.78, 5) is 0. The summed E-state index contributed by atoms with van der Waals surface area (Å²) < 4.78 is 6.41. The normalized spacial score (nSPS) is 13.8. The monoisotopic (exact) mass is 586 g/mol. The lowest BCUT2D eigenvalue weighted by Gasteiger charge is -2.22. The van der Waals surface area contributed by atoms with Gasteiger partial charge in [0.2, 0.25) is 0 Å². The fourth-order valence-electron chi connectivity index (χ4n) is 8.14. The highest BCUT2D eigenvalue weighted by atomic mass is 16.5. The van der Waals surface area contributed by atoms with Crippen molar-refractivity contribution in [2.75, 3.05) is 0 Å².